The van der Waals surface area contributed by atoms with Crippen molar-refractivity contribution >= 4 is 81.9 Å². The third-order valence-electron chi connectivity index (χ3n) is 3.90. The Morgan fingerprint density at radius 3 is 1.72 bits per heavy atom. The lowest BCUT2D eigenvalue weighted by Crippen LogP contribution is -2.18. The first kappa shape index (κ1) is 21.4. The Morgan fingerprint density at radius 2 is 1.36 bits per heavy atom. The first-order chi connectivity index (χ1) is 12.0. The molecule has 0 saturated carbocycles. The van der Waals surface area contributed by atoms with Gasteiger partial charge in [0.2, 0.25) is 0 Å². The molecule has 0 aliphatic carbocycles. The highest BCUT2D eigenvalue weighted by Crippen LogP contribution is 2.45. The molecule has 2 fully saturated rings. The molecule has 2 aliphatic rings. The topological polar surface area (TPSA) is 40.5 Å². The summed E-state index contributed by atoms with van der Waals surface area (Å²) in [7, 11) is 0. The maximum Gasteiger partial charge on any atom is 0.0639 e. The highest BCUT2D eigenvalue weighted by molar-refractivity contribution is 8.22. The van der Waals surface area contributed by atoms with Crippen LogP contribution in [0.4, 0.5) is 0 Å². The van der Waals surface area contributed by atoms with Crippen LogP contribution in [0, 0.1) is 0 Å². The fraction of sp³-hybridized carbons (Fsp3) is 0.750. The van der Waals surface area contributed by atoms with Crippen molar-refractivity contribution in [2.75, 3.05) is 23.0 Å². The molecule has 2 aliphatic heterocycles. The minimum Gasteiger partial charge on any atom is -0.392 e. The summed E-state index contributed by atoms with van der Waals surface area (Å²) in [5.41, 5.74) is 0. The van der Waals surface area contributed by atoms with E-state index >= 15 is 0 Å². The number of hydrogen-bond acceptors (Lipinski definition) is 9. The highest BCUT2D eigenvalue weighted by Gasteiger charge is 2.30. The second kappa shape index (κ2) is 10.5. The molecule has 2 nitrogen and oxygen atoms in total. The van der Waals surface area contributed by atoms with Crippen LogP contribution in [0.3, 0.4) is 0 Å². The number of aliphatic hydroxyl groups is 2. The summed E-state index contributed by atoms with van der Waals surface area (Å²) in [6.07, 6.45) is -0.394. The van der Waals surface area contributed by atoms with E-state index in [1.807, 2.05) is 95.8 Å². The third-order valence-corrected chi connectivity index (χ3v) is 15.3. The SMILES string of the molecule is CC(O)C1CSC(CSc2ccc(SCC3SCC(C(C)O)S3)s2)S1. The van der Waals surface area contributed by atoms with Crippen LogP contribution in [-0.2, 0) is 0 Å². The van der Waals surface area contributed by atoms with Crippen LogP contribution in [0.2, 0.25) is 0 Å². The predicted molar refractivity (Wildman–Crippen MR) is 124 cm³/mol. The number of aliphatic hydroxyl groups excluding tert-OH is 2. The molecule has 9 heteroatoms. The molecule has 25 heavy (non-hydrogen) atoms. The molecule has 142 valence electrons. The maximum absolute atomic E-state index is 9.70. The maximum atomic E-state index is 9.70. The second-order valence-electron chi connectivity index (χ2n) is 6.05. The van der Waals surface area contributed by atoms with E-state index in [1.165, 1.54) is 8.42 Å². The van der Waals surface area contributed by atoms with Gasteiger partial charge in [0.15, 0.2) is 0 Å². The van der Waals surface area contributed by atoms with Crippen molar-refractivity contribution in [1.82, 2.24) is 0 Å². The van der Waals surface area contributed by atoms with Crippen molar-refractivity contribution in [3.05, 3.63) is 12.1 Å². The van der Waals surface area contributed by atoms with Gasteiger partial charge in [-0.25, -0.2) is 0 Å². The van der Waals surface area contributed by atoms with Crippen LogP contribution in [-0.4, -0.2) is 65.1 Å². The van der Waals surface area contributed by atoms with Crippen LogP contribution < -0.4 is 0 Å². The van der Waals surface area contributed by atoms with Gasteiger partial charge in [-0.15, -0.1) is 81.9 Å². The third kappa shape index (κ3) is 6.63. The molecule has 1 aromatic rings. The number of hydrogen-bond donors (Lipinski definition) is 2. The highest BCUT2D eigenvalue weighted by atomic mass is 32.2. The molecule has 3 heterocycles. The summed E-state index contributed by atoms with van der Waals surface area (Å²) in [6.45, 7) is 3.81. The summed E-state index contributed by atoms with van der Waals surface area (Å²) in [4.78, 5) is 0. The smallest absolute Gasteiger partial charge is 0.0639 e. The summed E-state index contributed by atoms with van der Waals surface area (Å²) in [5.74, 6) is 4.38. The van der Waals surface area contributed by atoms with Crippen LogP contribution in [0.25, 0.3) is 0 Å². The predicted octanol–water partition coefficient (Wildman–Crippen LogP) is 5.04. The second-order valence-corrected chi connectivity index (χ2v) is 15.7. The monoisotopic (exact) mass is 472 g/mol. The number of thioether (sulfide) groups is 6. The molecular weight excluding hydrogens is 449 g/mol. The van der Waals surface area contributed by atoms with E-state index in [2.05, 4.69) is 12.1 Å². The molecule has 0 spiro atoms. The zero-order chi connectivity index (χ0) is 17.8. The van der Waals surface area contributed by atoms with E-state index < -0.39 is 0 Å². The van der Waals surface area contributed by atoms with E-state index in [0.29, 0.717) is 19.7 Å². The summed E-state index contributed by atoms with van der Waals surface area (Å²) in [5, 5.41) is 20.2. The minimum absolute atomic E-state index is 0.197. The molecular formula is C16H24O2S7. The van der Waals surface area contributed by atoms with Gasteiger partial charge in [-0.3, -0.25) is 0 Å². The van der Waals surface area contributed by atoms with Crippen molar-refractivity contribution in [3.8, 4) is 0 Å². The van der Waals surface area contributed by atoms with Crippen molar-refractivity contribution in [1.29, 1.82) is 0 Å². The van der Waals surface area contributed by atoms with E-state index in [0.717, 1.165) is 23.0 Å². The van der Waals surface area contributed by atoms with Gasteiger partial charge in [0.1, 0.15) is 0 Å². The first-order valence-electron chi connectivity index (χ1n) is 8.27. The Balaban J connectivity index is 1.37. The van der Waals surface area contributed by atoms with Crippen molar-refractivity contribution < 1.29 is 10.2 Å². The number of rotatable bonds is 8. The molecule has 0 amide bonds. The standard InChI is InChI=1S/C16H24O2S7/c1-9(17)11-5-19-15(23-11)7-21-13-3-4-14(25-13)22-8-16-20-6-12(24-16)10(2)18/h3-4,9-12,15-18H,5-8H2,1-2H3. The van der Waals surface area contributed by atoms with Crippen molar-refractivity contribution in [3.63, 3.8) is 0 Å². The quantitative estimate of drug-likeness (QED) is 0.510. The average molecular weight is 473 g/mol. The van der Waals surface area contributed by atoms with E-state index in [-0.39, 0.29) is 12.2 Å². The Morgan fingerprint density at radius 1 is 0.920 bits per heavy atom. The molecule has 2 saturated heterocycles. The normalized spacial score (nSPS) is 32.2. The molecule has 6 unspecified atom stereocenters. The lowest BCUT2D eigenvalue weighted by Gasteiger charge is -2.12. The molecule has 0 aromatic carbocycles. The van der Waals surface area contributed by atoms with E-state index in [1.54, 1.807) is 0 Å². The summed E-state index contributed by atoms with van der Waals surface area (Å²) < 4.78 is 4.01. The molecule has 0 radical (unpaired) electrons. The Bertz CT molecular complexity index is 492. The lowest BCUT2D eigenvalue weighted by atomic mass is 10.3. The fourth-order valence-corrected chi connectivity index (χ4v) is 13.2. The largest absolute Gasteiger partial charge is 0.392 e. The summed E-state index contributed by atoms with van der Waals surface area (Å²) >= 11 is 13.7. The first-order valence-corrected chi connectivity index (χ1v) is 15.0. The van der Waals surface area contributed by atoms with Gasteiger partial charge >= 0.3 is 0 Å². The van der Waals surface area contributed by atoms with Gasteiger partial charge in [-0.2, -0.15) is 0 Å². The van der Waals surface area contributed by atoms with Crippen LogP contribution in [0.5, 0.6) is 0 Å². The van der Waals surface area contributed by atoms with E-state index in [9.17, 15) is 10.2 Å². The fourth-order valence-electron chi connectivity index (χ4n) is 2.39. The summed E-state index contributed by atoms with van der Waals surface area (Å²) in [6, 6.07) is 4.50. The Labute approximate surface area is 180 Å². The van der Waals surface area contributed by atoms with Crippen molar-refractivity contribution in [2.24, 2.45) is 0 Å². The molecule has 6 atom stereocenters. The lowest BCUT2D eigenvalue weighted by molar-refractivity contribution is 0.197. The van der Waals surface area contributed by atoms with Gasteiger partial charge in [0, 0.05) is 33.5 Å². The Kier molecular flexibility index (Phi) is 8.99. The van der Waals surface area contributed by atoms with Crippen LogP contribution in [0.15, 0.2) is 20.6 Å². The van der Waals surface area contributed by atoms with Gasteiger partial charge in [0.05, 0.1) is 29.8 Å². The molecule has 1 aromatic heterocycles. The number of thiophene rings is 1. The van der Waals surface area contributed by atoms with Crippen LogP contribution in [0.1, 0.15) is 13.8 Å². The molecule has 3 rings (SSSR count). The van der Waals surface area contributed by atoms with Gasteiger partial charge in [-0.1, -0.05) is 0 Å². The zero-order valence-electron chi connectivity index (χ0n) is 14.2. The van der Waals surface area contributed by atoms with Gasteiger partial charge in [0.25, 0.3) is 0 Å². The zero-order valence-corrected chi connectivity index (χ0v) is 19.9. The van der Waals surface area contributed by atoms with Crippen LogP contribution >= 0.6 is 81.9 Å². The Hall–Kier alpha value is 1.72. The minimum atomic E-state index is -0.197. The average Bonchev–Trinajstić information content (AvgIpc) is 3.30. The van der Waals surface area contributed by atoms with Gasteiger partial charge in [-0.05, 0) is 26.0 Å². The van der Waals surface area contributed by atoms with Crippen molar-refractivity contribution in [2.45, 2.75) is 54.1 Å². The molecule has 2 N–H and O–H groups in total. The molecule has 0 bridgehead atoms. The van der Waals surface area contributed by atoms with Gasteiger partial charge < -0.3 is 10.2 Å². The van der Waals surface area contributed by atoms with E-state index in [4.69, 9.17) is 0 Å².